The van der Waals surface area contributed by atoms with E-state index in [4.69, 9.17) is 16.6 Å². The number of hydrogen-bond acceptors (Lipinski definition) is 6. The minimum atomic E-state index is -0.207. The maximum absolute atomic E-state index is 11.7. The van der Waals surface area contributed by atoms with Crippen molar-refractivity contribution in [1.29, 1.82) is 0 Å². The van der Waals surface area contributed by atoms with Gasteiger partial charge >= 0.3 is 0 Å². The Bertz CT molecular complexity index is 1050. The Balaban J connectivity index is 1.74. The molecule has 1 aliphatic heterocycles. The van der Waals surface area contributed by atoms with Crippen molar-refractivity contribution in [2.75, 3.05) is 0 Å². The molecule has 116 valence electrons. The van der Waals surface area contributed by atoms with Crippen LogP contribution in [0.15, 0.2) is 44.6 Å². The molecule has 0 bridgehead atoms. The number of pyridine rings is 1. The number of thiophene rings is 1. The van der Waals surface area contributed by atoms with Crippen molar-refractivity contribution in [2.45, 2.75) is 0 Å². The second-order valence-electron chi connectivity index (χ2n) is 4.87. The molecule has 4 heterocycles. The second kappa shape index (κ2) is 6.24. The van der Waals surface area contributed by atoms with Crippen molar-refractivity contribution in [3.63, 3.8) is 0 Å². The molecule has 4 nitrogen and oxygen atoms in total. The molecule has 4 rings (SSSR count). The van der Waals surface area contributed by atoms with Crippen LogP contribution in [-0.2, 0) is 4.79 Å². The Labute approximate surface area is 151 Å². The van der Waals surface area contributed by atoms with Gasteiger partial charge in [-0.2, -0.15) is 11.3 Å². The van der Waals surface area contributed by atoms with Crippen LogP contribution in [0.25, 0.3) is 17.0 Å². The first-order valence-corrected chi connectivity index (χ1v) is 9.02. The number of rotatable bonds is 1. The molecule has 1 amide bonds. The molecule has 1 saturated heterocycles. The molecule has 1 N–H and O–H groups in total. The third-order valence-corrected chi connectivity index (χ3v) is 5.07. The molecule has 3 aromatic rings. The largest absolute Gasteiger partial charge is 0.455 e. The standard InChI is InChI=1S/C17H8N2O2S3/c20-16-14(24-17(22)19-16)6-13-5-12-8-18-7-11(15(12)21-13)2-1-10-3-4-23-9-10/h3-9H,(H,19,20,22). The van der Waals surface area contributed by atoms with E-state index >= 15 is 0 Å². The molecular formula is C17H8N2O2S3. The fraction of sp³-hybridized carbons (Fsp3) is 0. The van der Waals surface area contributed by atoms with Gasteiger partial charge in [0.2, 0.25) is 0 Å². The predicted octanol–water partition coefficient (Wildman–Crippen LogP) is 3.78. The Kier molecular flexibility index (Phi) is 3.94. The van der Waals surface area contributed by atoms with Crippen molar-refractivity contribution >= 4 is 62.6 Å². The summed E-state index contributed by atoms with van der Waals surface area (Å²) >= 11 is 7.80. The number of thioether (sulfide) groups is 1. The first-order chi connectivity index (χ1) is 11.7. The maximum Gasteiger partial charge on any atom is 0.263 e. The van der Waals surface area contributed by atoms with Crippen LogP contribution in [0, 0.1) is 11.8 Å². The Morgan fingerprint density at radius 3 is 3.00 bits per heavy atom. The molecule has 0 aliphatic carbocycles. The van der Waals surface area contributed by atoms with Crippen molar-refractivity contribution < 1.29 is 9.21 Å². The average Bonchev–Trinajstić information content (AvgIpc) is 3.26. The highest BCUT2D eigenvalue weighted by atomic mass is 32.2. The van der Waals surface area contributed by atoms with Gasteiger partial charge in [0.25, 0.3) is 5.91 Å². The molecule has 0 aromatic carbocycles. The smallest absolute Gasteiger partial charge is 0.263 e. The number of furan rings is 1. The second-order valence-corrected chi connectivity index (χ2v) is 7.37. The van der Waals surface area contributed by atoms with Crippen LogP contribution < -0.4 is 5.32 Å². The summed E-state index contributed by atoms with van der Waals surface area (Å²) in [6, 6.07) is 3.79. The lowest BCUT2D eigenvalue weighted by Crippen LogP contribution is -2.17. The number of aromatic nitrogens is 1. The monoisotopic (exact) mass is 368 g/mol. The van der Waals surface area contributed by atoms with E-state index < -0.39 is 0 Å². The highest BCUT2D eigenvalue weighted by Crippen LogP contribution is 2.29. The van der Waals surface area contributed by atoms with Gasteiger partial charge in [-0.25, -0.2) is 0 Å². The van der Waals surface area contributed by atoms with E-state index in [9.17, 15) is 4.79 Å². The van der Waals surface area contributed by atoms with Crippen LogP contribution in [0.2, 0.25) is 0 Å². The molecule has 0 unspecified atom stereocenters. The Morgan fingerprint density at radius 2 is 2.25 bits per heavy atom. The van der Waals surface area contributed by atoms with Crippen molar-refractivity contribution in [2.24, 2.45) is 0 Å². The number of carbonyl (C=O) groups excluding carboxylic acids is 1. The van der Waals surface area contributed by atoms with Crippen LogP contribution in [0.1, 0.15) is 16.9 Å². The van der Waals surface area contributed by atoms with Gasteiger partial charge in [-0.05, 0) is 17.5 Å². The number of nitrogens with zero attached hydrogens (tertiary/aromatic N) is 1. The van der Waals surface area contributed by atoms with E-state index in [1.54, 1.807) is 29.8 Å². The van der Waals surface area contributed by atoms with Crippen molar-refractivity contribution in [3.05, 3.63) is 57.1 Å². The minimum Gasteiger partial charge on any atom is -0.455 e. The van der Waals surface area contributed by atoms with E-state index in [2.05, 4.69) is 22.1 Å². The summed E-state index contributed by atoms with van der Waals surface area (Å²) in [5.74, 6) is 6.54. The van der Waals surface area contributed by atoms with Gasteiger partial charge in [-0.1, -0.05) is 35.8 Å². The SMILES string of the molecule is O=C1NC(=S)SC1=Cc1cc2cncc(C#Cc3ccsc3)c2o1. The van der Waals surface area contributed by atoms with Gasteiger partial charge in [-0.3, -0.25) is 9.78 Å². The van der Waals surface area contributed by atoms with E-state index in [0.717, 1.165) is 10.9 Å². The molecule has 24 heavy (non-hydrogen) atoms. The quantitative estimate of drug-likeness (QED) is 0.402. The summed E-state index contributed by atoms with van der Waals surface area (Å²) in [5.41, 5.74) is 2.33. The number of carbonyl (C=O) groups is 1. The Morgan fingerprint density at radius 1 is 1.33 bits per heavy atom. The zero-order valence-electron chi connectivity index (χ0n) is 12.0. The minimum absolute atomic E-state index is 0.207. The molecular weight excluding hydrogens is 360 g/mol. The lowest BCUT2D eigenvalue weighted by atomic mass is 10.2. The Hall–Kier alpha value is -2.40. The zero-order chi connectivity index (χ0) is 16.5. The van der Waals surface area contributed by atoms with Crippen LogP contribution in [0.4, 0.5) is 0 Å². The van der Waals surface area contributed by atoms with Crippen LogP contribution in [-0.4, -0.2) is 15.2 Å². The number of fused-ring (bicyclic) bond motifs is 1. The van der Waals surface area contributed by atoms with E-state index in [0.29, 0.717) is 26.1 Å². The topological polar surface area (TPSA) is 55.1 Å². The van der Waals surface area contributed by atoms with Crippen molar-refractivity contribution in [3.8, 4) is 11.8 Å². The number of amides is 1. The molecule has 1 fully saturated rings. The predicted molar refractivity (Wildman–Crippen MR) is 101 cm³/mol. The summed E-state index contributed by atoms with van der Waals surface area (Å²) in [6.45, 7) is 0. The highest BCUT2D eigenvalue weighted by Gasteiger charge is 2.22. The maximum atomic E-state index is 11.7. The molecule has 3 aromatic heterocycles. The van der Waals surface area contributed by atoms with Crippen molar-refractivity contribution in [1.82, 2.24) is 10.3 Å². The van der Waals surface area contributed by atoms with Gasteiger partial charge in [0.15, 0.2) is 5.58 Å². The third-order valence-electron chi connectivity index (χ3n) is 3.22. The number of nitrogens with one attached hydrogen (secondary N) is 1. The fourth-order valence-electron chi connectivity index (χ4n) is 2.17. The first kappa shape index (κ1) is 15.1. The first-order valence-electron chi connectivity index (χ1n) is 6.86. The number of hydrogen-bond donors (Lipinski definition) is 1. The molecule has 1 aliphatic rings. The van der Waals surface area contributed by atoms with Gasteiger partial charge in [0.1, 0.15) is 10.1 Å². The van der Waals surface area contributed by atoms with Gasteiger partial charge < -0.3 is 9.73 Å². The summed E-state index contributed by atoms with van der Waals surface area (Å²) in [7, 11) is 0. The molecule has 0 radical (unpaired) electrons. The van der Waals surface area contributed by atoms with E-state index in [-0.39, 0.29) is 5.91 Å². The van der Waals surface area contributed by atoms with Crippen LogP contribution in [0.3, 0.4) is 0 Å². The summed E-state index contributed by atoms with van der Waals surface area (Å²) in [6.07, 6.45) is 5.06. The summed E-state index contributed by atoms with van der Waals surface area (Å²) < 4.78 is 6.31. The van der Waals surface area contributed by atoms with Gasteiger partial charge in [0.05, 0.1) is 10.5 Å². The molecule has 7 heteroatoms. The normalized spacial score (nSPS) is 15.6. The van der Waals surface area contributed by atoms with Gasteiger partial charge in [0, 0.05) is 34.8 Å². The average molecular weight is 368 g/mol. The van der Waals surface area contributed by atoms with Gasteiger partial charge in [-0.15, -0.1) is 0 Å². The lowest BCUT2D eigenvalue weighted by Gasteiger charge is -1.92. The summed E-state index contributed by atoms with van der Waals surface area (Å²) in [4.78, 5) is 16.5. The molecule has 0 saturated carbocycles. The number of thiocarbonyl (C=S) groups is 1. The zero-order valence-corrected chi connectivity index (χ0v) is 14.5. The molecule has 0 atom stereocenters. The van der Waals surface area contributed by atoms with Crippen LogP contribution in [0.5, 0.6) is 0 Å². The van der Waals surface area contributed by atoms with Crippen LogP contribution >= 0.6 is 35.3 Å². The van der Waals surface area contributed by atoms with E-state index in [1.807, 2.05) is 22.9 Å². The van der Waals surface area contributed by atoms with E-state index in [1.165, 1.54) is 11.8 Å². The third kappa shape index (κ3) is 2.99. The highest BCUT2D eigenvalue weighted by molar-refractivity contribution is 8.26. The lowest BCUT2D eigenvalue weighted by molar-refractivity contribution is -0.115. The summed E-state index contributed by atoms with van der Waals surface area (Å²) in [5, 5.41) is 7.38. The molecule has 0 spiro atoms. The fourth-order valence-corrected chi connectivity index (χ4v) is 3.78.